The molecule has 18 heavy (non-hydrogen) atoms. The molecule has 0 saturated heterocycles. The zero-order valence-corrected chi connectivity index (χ0v) is 11.9. The SMILES string of the molecule is CCOC(=S)SCC(=O)c1ccc(C(C)=O)cc1. The number of hydrogen-bond acceptors (Lipinski definition) is 5. The minimum atomic E-state index is -0.0304. The molecule has 0 aliphatic heterocycles. The van der Waals surface area contributed by atoms with Crippen molar-refractivity contribution in [1.29, 1.82) is 0 Å². The third-order valence-electron chi connectivity index (χ3n) is 2.20. The number of thiocarbonyl (C=S) groups is 1. The van der Waals surface area contributed by atoms with Crippen LogP contribution in [0.2, 0.25) is 0 Å². The first kappa shape index (κ1) is 14.9. The molecule has 0 atom stereocenters. The Morgan fingerprint density at radius 1 is 1.22 bits per heavy atom. The fraction of sp³-hybridized carbons (Fsp3) is 0.308. The van der Waals surface area contributed by atoms with E-state index in [1.165, 1.54) is 18.7 Å². The van der Waals surface area contributed by atoms with Gasteiger partial charge in [0.25, 0.3) is 0 Å². The number of benzene rings is 1. The van der Waals surface area contributed by atoms with Gasteiger partial charge in [-0.2, -0.15) is 0 Å². The average molecular weight is 282 g/mol. The number of carbonyl (C=O) groups excluding carboxylic acids is 2. The highest BCUT2D eigenvalue weighted by atomic mass is 32.2. The monoisotopic (exact) mass is 282 g/mol. The van der Waals surface area contributed by atoms with Crippen LogP contribution in [-0.4, -0.2) is 28.3 Å². The summed E-state index contributed by atoms with van der Waals surface area (Å²) in [6.07, 6.45) is 0. The lowest BCUT2D eigenvalue weighted by Crippen LogP contribution is -2.06. The number of ether oxygens (including phenoxy) is 1. The molecule has 0 aliphatic rings. The number of rotatable bonds is 5. The maximum atomic E-state index is 11.8. The standard InChI is InChI=1S/C13H14O3S2/c1-3-16-13(17)18-8-12(15)11-6-4-10(5-7-11)9(2)14/h4-7H,3,8H2,1-2H3. The van der Waals surface area contributed by atoms with E-state index in [2.05, 4.69) is 0 Å². The number of thioether (sulfide) groups is 1. The van der Waals surface area contributed by atoms with Gasteiger partial charge in [0, 0.05) is 11.1 Å². The van der Waals surface area contributed by atoms with Gasteiger partial charge in [-0.1, -0.05) is 36.0 Å². The lowest BCUT2D eigenvalue weighted by molar-refractivity contribution is 0.100. The Balaban J connectivity index is 2.56. The Morgan fingerprint density at radius 2 is 1.78 bits per heavy atom. The molecule has 0 bridgehead atoms. The molecule has 1 rings (SSSR count). The summed E-state index contributed by atoms with van der Waals surface area (Å²) in [6.45, 7) is 3.84. The van der Waals surface area contributed by atoms with E-state index < -0.39 is 0 Å². The van der Waals surface area contributed by atoms with Crippen LogP contribution < -0.4 is 0 Å². The Morgan fingerprint density at radius 3 is 2.28 bits per heavy atom. The van der Waals surface area contributed by atoms with Gasteiger partial charge in [-0.05, 0) is 26.1 Å². The van der Waals surface area contributed by atoms with Gasteiger partial charge in [0.1, 0.15) is 0 Å². The molecule has 1 aromatic carbocycles. The molecule has 0 N–H and O–H groups in total. The minimum Gasteiger partial charge on any atom is -0.479 e. The van der Waals surface area contributed by atoms with Crippen molar-refractivity contribution >= 4 is 39.9 Å². The van der Waals surface area contributed by atoms with E-state index in [4.69, 9.17) is 17.0 Å². The number of carbonyl (C=O) groups is 2. The van der Waals surface area contributed by atoms with Crippen LogP contribution in [0.25, 0.3) is 0 Å². The van der Waals surface area contributed by atoms with Gasteiger partial charge >= 0.3 is 0 Å². The summed E-state index contributed by atoms with van der Waals surface area (Å²) in [5.41, 5.74) is 1.18. The molecule has 0 spiro atoms. The van der Waals surface area contributed by atoms with E-state index >= 15 is 0 Å². The van der Waals surface area contributed by atoms with Crippen molar-refractivity contribution in [3.63, 3.8) is 0 Å². The molecule has 5 heteroatoms. The van der Waals surface area contributed by atoms with Crippen molar-refractivity contribution in [2.75, 3.05) is 12.4 Å². The van der Waals surface area contributed by atoms with Gasteiger partial charge in [0.15, 0.2) is 11.6 Å². The Hall–Kier alpha value is -1.20. The van der Waals surface area contributed by atoms with Crippen LogP contribution in [0.4, 0.5) is 0 Å². The van der Waals surface area contributed by atoms with Crippen molar-refractivity contribution in [3.05, 3.63) is 35.4 Å². The van der Waals surface area contributed by atoms with Crippen molar-refractivity contribution in [3.8, 4) is 0 Å². The van der Waals surface area contributed by atoms with Crippen molar-refractivity contribution in [2.45, 2.75) is 13.8 Å². The van der Waals surface area contributed by atoms with Gasteiger partial charge in [-0.15, -0.1) is 0 Å². The van der Waals surface area contributed by atoms with Gasteiger partial charge in [0.2, 0.25) is 4.38 Å². The van der Waals surface area contributed by atoms with E-state index in [0.717, 1.165) is 0 Å². The largest absolute Gasteiger partial charge is 0.479 e. The van der Waals surface area contributed by atoms with Crippen LogP contribution in [0, 0.1) is 0 Å². The number of Topliss-reactive ketones (excluding diaryl/α,β-unsaturated/α-hetero) is 2. The lowest BCUT2D eigenvalue weighted by atomic mass is 10.1. The van der Waals surface area contributed by atoms with E-state index in [9.17, 15) is 9.59 Å². The van der Waals surface area contributed by atoms with E-state index in [-0.39, 0.29) is 17.3 Å². The smallest absolute Gasteiger partial charge is 0.220 e. The van der Waals surface area contributed by atoms with Crippen molar-refractivity contribution < 1.29 is 14.3 Å². The van der Waals surface area contributed by atoms with E-state index in [1.807, 2.05) is 6.92 Å². The molecule has 0 radical (unpaired) electrons. The predicted molar refractivity (Wildman–Crippen MR) is 77.5 cm³/mol. The molecule has 0 saturated carbocycles. The third-order valence-corrected chi connectivity index (χ3v) is 3.43. The highest BCUT2D eigenvalue weighted by Crippen LogP contribution is 2.12. The highest BCUT2D eigenvalue weighted by molar-refractivity contribution is 8.23. The molecule has 1 aromatic rings. The topological polar surface area (TPSA) is 43.4 Å². The summed E-state index contributed by atoms with van der Waals surface area (Å²) in [5, 5.41) is 0. The van der Waals surface area contributed by atoms with Crippen LogP contribution >= 0.6 is 24.0 Å². The normalized spacial score (nSPS) is 9.89. The Kier molecular flexibility index (Phi) is 6.01. The van der Waals surface area contributed by atoms with Crippen LogP contribution in [0.15, 0.2) is 24.3 Å². The minimum absolute atomic E-state index is 0.0131. The van der Waals surface area contributed by atoms with Gasteiger partial charge in [-0.3, -0.25) is 9.59 Å². The van der Waals surface area contributed by atoms with E-state index in [1.54, 1.807) is 24.3 Å². The van der Waals surface area contributed by atoms with Gasteiger partial charge in [-0.25, -0.2) is 0 Å². The Labute approximate surface area is 116 Å². The second-order valence-electron chi connectivity index (χ2n) is 3.53. The molecule has 0 heterocycles. The summed E-state index contributed by atoms with van der Waals surface area (Å²) in [6, 6.07) is 6.62. The average Bonchev–Trinajstić information content (AvgIpc) is 2.36. The van der Waals surface area contributed by atoms with Crippen LogP contribution in [0.5, 0.6) is 0 Å². The first-order valence-electron chi connectivity index (χ1n) is 5.48. The third kappa shape index (κ3) is 4.58. The molecule has 0 unspecified atom stereocenters. The summed E-state index contributed by atoms with van der Waals surface area (Å²) in [5.74, 6) is 0.205. The maximum absolute atomic E-state index is 11.8. The molecule has 3 nitrogen and oxygen atoms in total. The predicted octanol–water partition coefficient (Wildman–Crippen LogP) is 3.13. The van der Waals surface area contributed by atoms with Crippen LogP contribution in [0.3, 0.4) is 0 Å². The molecule has 0 amide bonds. The van der Waals surface area contributed by atoms with Gasteiger partial charge < -0.3 is 4.74 Å². The van der Waals surface area contributed by atoms with E-state index in [0.29, 0.717) is 22.1 Å². The second-order valence-corrected chi connectivity index (χ2v) is 5.11. The first-order chi connectivity index (χ1) is 8.54. The van der Waals surface area contributed by atoms with Crippen molar-refractivity contribution in [2.24, 2.45) is 0 Å². The lowest BCUT2D eigenvalue weighted by Gasteiger charge is -2.04. The number of hydrogen-bond donors (Lipinski definition) is 0. The fourth-order valence-electron chi connectivity index (χ4n) is 1.26. The summed E-state index contributed by atoms with van der Waals surface area (Å²) < 4.78 is 5.46. The second kappa shape index (κ2) is 7.28. The Bertz CT molecular complexity index is 452. The molecular weight excluding hydrogens is 268 g/mol. The fourth-order valence-corrected chi connectivity index (χ4v) is 2.17. The number of ketones is 2. The molecule has 0 aromatic heterocycles. The molecule has 96 valence electrons. The summed E-state index contributed by atoms with van der Waals surface area (Å²) in [7, 11) is 0. The quantitative estimate of drug-likeness (QED) is 0.613. The summed E-state index contributed by atoms with van der Waals surface area (Å²) in [4.78, 5) is 22.9. The van der Waals surface area contributed by atoms with Crippen LogP contribution in [0.1, 0.15) is 34.6 Å². The highest BCUT2D eigenvalue weighted by Gasteiger charge is 2.09. The maximum Gasteiger partial charge on any atom is 0.220 e. The molecule has 0 aliphatic carbocycles. The molecular formula is C13H14O3S2. The first-order valence-corrected chi connectivity index (χ1v) is 6.87. The van der Waals surface area contributed by atoms with Gasteiger partial charge in [0.05, 0.1) is 12.4 Å². The zero-order chi connectivity index (χ0) is 13.5. The summed E-state index contributed by atoms with van der Waals surface area (Å²) >= 11 is 6.13. The van der Waals surface area contributed by atoms with Crippen molar-refractivity contribution in [1.82, 2.24) is 0 Å². The van der Waals surface area contributed by atoms with Crippen LogP contribution in [-0.2, 0) is 4.74 Å². The zero-order valence-electron chi connectivity index (χ0n) is 10.3. The molecule has 0 fully saturated rings.